The largest absolute Gasteiger partial charge is 0.352 e. The lowest BCUT2D eigenvalue weighted by molar-refractivity contribution is -0.385. The number of nitrogens with one attached hydrogen (secondary N) is 1. The van der Waals surface area contributed by atoms with E-state index in [9.17, 15) is 19.7 Å². The van der Waals surface area contributed by atoms with E-state index in [1.165, 1.54) is 23.1 Å². The Morgan fingerprint density at radius 1 is 1.31 bits per heavy atom. The van der Waals surface area contributed by atoms with E-state index in [0.717, 1.165) is 0 Å². The predicted molar refractivity (Wildman–Crippen MR) is 99.0 cm³/mol. The number of amides is 2. The number of nitro benzene ring substituents is 1. The van der Waals surface area contributed by atoms with E-state index in [-0.39, 0.29) is 28.2 Å². The molecule has 7 nitrogen and oxygen atoms in total. The van der Waals surface area contributed by atoms with Gasteiger partial charge in [-0.25, -0.2) is 0 Å². The third-order valence-corrected chi connectivity index (χ3v) is 5.08. The van der Waals surface area contributed by atoms with Crippen LogP contribution in [0.5, 0.6) is 0 Å². The Morgan fingerprint density at radius 3 is 2.73 bits per heavy atom. The molecule has 0 saturated carbocycles. The maximum atomic E-state index is 13.0. The molecule has 1 heterocycles. The Bertz CT molecular complexity index is 905. The molecule has 2 aromatic carbocycles. The first-order chi connectivity index (χ1) is 12.4. The molecule has 0 unspecified atom stereocenters. The number of hydrogen-bond donors (Lipinski definition) is 1. The topological polar surface area (TPSA) is 92.6 Å². The van der Waals surface area contributed by atoms with Crippen molar-refractivity contribution < 1.29 is 14.5 Å². The Balaban J connectivity index is 2.01. The van der Waals surface area contributed by atoms with Crippen LogP contribution >= 0.6 is 27.5 Å². The SMILES string of the molecule is O=C1NCCN(C(=O)c2ccc(Br)c([N+](=O)[O-])c2)[C@@H]1c1ccccc1Cl. The smallest absolute Gasteiger partial charge is 0.284 e. The molecular formula is C17H13BrClN3O4. The Morgan fingerprint density at radius 2 is 2.04 bits per heavy atom. The van der Waals surface area contributed by atoms with E-state index in [1.807, 2.05) is 0 Å². The maximum absolute atomic E-state index is 13.0. The fourth-order valence-corrected chi connectivity index (χ4v) is 3.47. The van der Waals surface area contributed by atoms with Crippen LogP contribution in [0.25, 0.3) is 0 Å². The van der Waals surface area contributed by atoms with Gasteiger partial charge in [0.15, 0.2) is 0 Å². The van der Waals surface area contributed by atoms with Crippen molar-refractivity contribution in [3.63, 3.8) is 0 Å². The zero-order chi connectivity index (χ0) is 18.8. The van der Waals surface area contributed by atoms with Crippen molar-refractivity contribution in [2.75, 3.05) is 13.1 Å². The number of carbonyl (C=O) groups excluding carboxylic acids is 2. The summed E-state index contributed by atoms with van der Waals surface area (Å²) in [5, 5.41) is 14.2. The molecule has 1 N–H and O–H groups in total. The molecule has 0 spiro atoms. The minimum atomic E-state index is -0.896. The van der Waals surface area contributed by atoms with E-state index in [1.54, 1.807) is 24.3 Å². The lowest BCUT2D eigenvalue weighted by atomic mass is 10.0. The molecule has 2 amide bonds. The lowest BCUT2D eigenvalue weighted by Crippen LogP contribution is -2.52. The number of nitro groups is 1. The van der Waals surface area contributed by atoms with Gasteiger partial charge in [0.05, 0.1) is 9.40 Å². The van der Waals surface area contributed by atoms with Crippen molar-refractivity contribution in [3.8, 4) is 0 Å². The molecule has 1 saturated heterocycles. The van der Waals surface area contributed by atoms with Crippen LogP contribution in [-0.4, -0.2) is 34.7 Å². The van der Waals surface area contributed by atoms with Crippen LogP contribution in [0.2, 0.25) is 5.02 Å². The van der Waals surface area contributed by atoms with Gasteiger partial charge in [0.25, 0.3) is 11.6 Å². The second kappa shape index (κ2) is 7.43. The van der Waals surface area contributed by atoms with E-state index in [2.05, 4.69) is 21.2 Å². The molecule has 26 heavy (non-hydrogen) atoms. The molecule has 0 aromatic heterocycles. The summed E-state index contributed by atoms with van der Waals surface area (Å²) >= 11 is 9.31. The fraction of sp³-hybridized carbons (Fsp3) is 0.176. The highest BCUT2D eigenvalue weighted by molar-refractivity contribution is 9.10. The standard InChI is InChI=1S/C17H13BrClN3O4/c18-12-6-5-10(9-14(12)22(25)26)17(24)21-8-7-20-16(23)15(21)11-3-1-2-4-13(11)19/h1-6,9,15H,7-8H2,(H,20,23)/t15-/m1/s1. The zero-order valence-corrected chi connectivity index (χ0v) is 15.7. The van der Waals surface area contributed by atoms with Crippen molar-refractivity contribution >= 4 is 45.0 Å². The highest BCUT2D eigenvalue weighted by atomic mass is 79.9. The van der Waals surface area contributed by atoms with Crippen molar-refractivity contribution in [2.24, 2.45) is 0 Å². The van der Waals surface area contributed by atoms with Crippen LogP contribution in [0.1, 0.15) is 22.0 Å². The number of carbonyl (C=O) groups is 2. The van der Waals surface area contributed by atoms with Crippen molar-refractivity contribution in [3.05, 3.63) is 73.2 Å². The van der Waals surface area contributed by atoms with Crippen molar-refractivity contribution in [1.29, 1.82) is 0 Å². The van der Waals surface area contributed by atoms with Gasteiger partial charge in [0.2, 0.25) is 5.91 Å². The van der Waals surface area contributed by atoms with E-state index >= 15 is 0 Å². The van der Waals surface area contributed by atoms with Gasteiger partial charge in [-0.05, 0) is 34.1 Å². The van der Waals surface area contributed by atoms with Crippen molar-refractivity contribution in [2.45, 2.75) is 6.04 Å². The third-order valence-electron chi connectivity index (χ3n) is 4.06. The van der Waals surface area contributed by atoms with Gasteiger partial charge >= 0.3 is 0 Å². The highest BCUT2D eigenvalue weighted by Gasteiger charge is 2.36. The molecule has 2 aromatic rings. The van der Waals surface area contributed by atoms with Gasteiger partial charge in [-0.2, -0.15) is 0 Å². The van der Waals surface area contributed by atoms with Gasteiger partial charge in [0, 0.05) is 35.3 Å². The zero-order valence-electron chi connectivity index (χ0n) is 13.3. The molecule has 1 aliphatic heterocycles. The molecular weight excluding hydrogens is 426 g/mol. The highest BCUT2D eigenvalue weighted by Crippen LogP contribution is 2.32. The minimum absolute atomic E-state index is 0.131. The van der Waals surface area contributed by atoms with Crippen LogP contribution in [0.4, 0.5) is 5.69 Å². The molecule has 9 heteroatoms. The third kappa shape index (κ3) is 3.42. The normalized spacial score (nSPS) is 16.9. The number of nitrogens with zero attached hydrogens (tertiary/aromatic N) is 2. The van der Waals surface area contributed by atoms with Crippen LogP contribution in [-0.2, 0) is 4.79 Å². The van der Waals surface area contributed by atoms with Crippen LogP contribution in [0, 0.1) is 10.1 Å². The van der Waals surface area contributed by atoms with E-state index < -0.39 is 16.9 Å². The van der Waals surface area contributed by atoms with Crippen LogP contribution < -0.4 is 5.32 Å². The molecule has 134 valence electrons. The van der Waals surface area contributed by atoms with E-state index in [4.69, 9.17) is 11.6 Å². The van der Waals surface area contributed by atoms with Gasteiger partial charge in [-0.1, -0.05) is 29.8 Å². The average Bonchev–Trinajstić information content (AvgIpc) is 2.62. The van der Waals surface area contributed by atoms with Crippen LogP contribution in [0.3, 0.4) is 0 Å². The molecule has 1 aliphatic rings. The summed E-state index contributed by atoms with van der Waals surface area (Å²) < 4.78 is 0.276. The molecule has 0 radical (unpaired) electrons. The molecule has 3 rings (SSSR count). The second-order valence-corrected chi connectivity index (χ2v) is 6.90. The van der Waals surface area contributed by atoms with Gasteiger partial charge in [-0.15, -0.1) is 0 Å². The number of halogens is 2. The monoisotopic (exact) mass is 437 g/mol. The molecule has 1 fully saturated rings. The minimum Gasteiger partial charge on any atom is -0.352 e. The Labute approximate surface area is 162 Å². The summed E-state index contributed by atoms with van der Waals surface area (Å²) in [5.41, 5.74) is 0.421. The van der Waals surface area contributed by atoms with Gasteiger partial charge in [0.1, 0.15) is 6.04 Å². The molecule has 0 bridgehead atoms. The summed E-state index contributed by atoms with van der Waals surface area (Å²) in [5.74, 6) is -0.815. The number of hydrogen-bond acceptors (Lipinski definition) is 4. The Kier molecular flexibility index (Phi) is 5.24. The first-order valence-electron chi connectivity index (χ1n) is 7.67. The number of piperazine rings is 1. The predicted octanol–water partition coefficient (Wildman–Crippen LogP) is 3.32. The maximum Gasteiger partial charge on any atom is 0.284 e. The number of benzene rings is 2. The van der Waals surface area contributed by atoms with Crippen molar-refractivity contribution in [1.82, 2.24) is 10.2 Å². The second-order valence-electron chi connectivity index (χ2n) is 5.64. The Hall–Kier alpha value is -2.45. The lowest BCUT2D eigenvalue weighted by Gasteiger charge is -2.35. The first kappa shape index (κ1) is 18.3. The summed E-state index contributed by atoms with van der Waals surface area (Å²) in [6, 6.07) is 10.0. The van der Waals surface area contributed by atoms with Gasteiger partial charge < -0.3 is 10.2 Å². The number of rotatable bonds is 3. The average molecular weight is 439 g/mol. The molecule has 1 atom stereocenters. The summed E-state index contributed by atoms with van der Waals surface area (Å²) in [7, 11) is 0. The summed E-state index contributed by atoms with van der Waals surface area (Å²) in [6.45, 7) is 0.564. The van der Waals surface area contributed by atoms with Crippen LogP contribution in [0.15, 0.2) is 46.9 Å². The molecule has 0 aliphatic carbocycles. The fourth-order valence-electron chi connectivity index (χ4n) is 2.84. The summed E-state index contributed by atoms with van der Waals surface area (Å²) in [4.78, 5) is 37.4. The van der Waals surface area contributed by atoms with E-state index in [0.29, 0.717) is 17.1 Å². The quantitative estimate of drug-likeness (QED) is 0.588. The van der Waals surface area contributed by atoms with Gasteiger partial charge in [-0.3, -0.25) is 19.7 Å². The summed E-state index contributed by atoms with van der Waals surface area (Å²) in [6.07, 6.45) is 0. The first-order valence-corrected chi connectivity index (χ1v) is 8.84.